The molecule has 0 saturated heterocycles. The van der Waals surface area contributed by atoms with E-state index in [2.05, 4.69) is 15.5 Å². The first-order valence-corrected chi connectivity index (χ1v) is 6.49. The predicted octanol–water partition coefficient (Wildman–Crippen LogP) is 1.29. The summed E-state index contributed by atoms with van der Waals surface area (Å²) in [7, 11) is 0. The molecule has 1 aromatic carbocycles. The molecule has 1 aromatic heterocycles. The van der Waals surface area contributed by atoms with E-state index in [0.29, 0.717) is 18.7 Å². The molecule has 0 aliphatic heterocycles. The Morgan fingerprint density at radius 2 is 2.00 bits per heavy atom. The van der Waals surface area contributed by atoms with Gasteiger partial charge in [-0.25, -0.2) is 0 Å². The molecule has 0 bridgehead atoms. The van der Waals surface area contributed by atoms with Gasteiger partial charge in [0, 0.05) is 17.7 Å². The van der Waals surface area contributed by atoms with Gasteiger partial charge in [-0.15, -0.1) is 0 Å². The SMILES string of the molecule is CC(CCN)C(=O)Nc1ccc(-c2cc(=O)[nH][nH]2)cc1. The van der Waals surface area contributed by atoms with Crippen LogP contribution in [0.5, 0.6) is 0 Å². The normalized spacial score (nSPS) is 12.1. The van der Waals surface area contributed by atoms with Gasteiger partial charge in [0.25, 0.3) is 5.56 Å². The number of carbonyl (C=O) groups excluding carboxylic acids is 1. The average Bonchev–Trinajstić information content (AvgIpc) is 2.86. The molecule has 0 saturated carbocycles. The third-order valence-electron chi connectivity index (χ3n) is 3.11. The van der Waals surface area contributed by atoms with Crippen LogP contribution in [0, 0.1) is 5.92 Å². The largest absolute Gasteiger partial charge is 0.330 e. The first-order chi connectivity index (χ1) is 9.60. The zero-order valence-electron chi connectivity index (χ0n) is 11.3. The molecule has 6 nitrogen and oxygen atoms in total. The van der Waals surface area contributed by atoms with Gasteiger partial charge in [0.05, 0.1) is 5.69 Å². The summed E-state index contributed by atoms with van der Waals surface area (Å²) < 4.78 is 0. The Kier molecular flexibility index (Phi) is 4.37. The molecule has 1 atom stereocenters. The van der Waals surface area contributed by atoms with E-state index in [9.17, 15) is 9.59 Å². The molecule has 0 fully saturated rings. The number of nitrogens with two attached hydrogens (primary N) is 1. The molecule has 20 heavy (non-hydrogen) atoms. The number of hydrogen-bond donors (Lipinski definition) is 4. The van der Waals surface area contributed by atoms with E-state index in [4.69, 9.17) is 5.73 Å². The number of aromatic amines is 2. The summed E-state index contributed by atoms with van der Waals surface area (Å²) in [6.45, 7) is 2.34. The van der Waals surface area contributed by atoms with Crippen molar-refractivity contribution in [1.82, 2.24) is 10.2 Å². The quantitative estimate of drug-likeness (QED) is 0.660. The fourth-order valence-corrected chi connectivity index (χ4v) is 1.87. The Morgan fingerprint density at radius 3 is 2.55 bits per heavy atom. The van der Waals surface area contributed by atoms with Gasteiger partial charge in [0.1, 0.15) is 0 Å². The number of aromatic nitrogens is 2. The van der Waals surface area contributed by atoms with Gasteiger partial charge in [0.15, 0.2) is 0 Å². The lowest BCUT2D eigenvalue weighted by atomic mass is 10.1. The average molecular weight is 274 g/mol. The number of amides is 1. The van der Waals surface area contributed by atoms with Gasteiger partial charge < -0.3 is 11.1 Å². The van der Waals surface area contributed by atoms with Crippen LogP contribution in [-0.4, -0.2) is 22.6 Å². The molecule has 6 heteroatoms. The summed E-state index contributed by atoms with van der Waals surface area (Å²) >= 11 is 0. The van der Waals surface area contributed by atoms with Crippen LogP contribution in [0.2, 0.25) is 0 Å². The zero-order valence-corrected chi connectivity index (χ0v) is 11.3. The van der Waals surface area contributed by atoms with E-state index < -0.39 is 0 Å². The molecule has 0 radical (unpaired) electrons. The lowest BCUT2D eigenvalue weighted by molar-refractivity contribution is -0.119. The third-order valence-corrected chi connectivity index (χ3v) is 3.11. The van der Waals surface area contributed by atoms with Gasteiger partial charge in [-0.1, -0.05) is 19.1 Å². The molecule has 1 heterocycles. The highest BCUT2D eigenvalue weighted by atomic mass is 16.2. The van der Waals surface area contributed by atoms with E-state index in [-0.39, 0.29) is 17.4 Å². The Bertz CT molecular complexity index is 627. The molecule has 0 aliphatic carbocycles. The van der Waals surface area contributed by atoms with Crippen molar-refractivity contribution in [2.75, 3.05) is 11.9 Å². The van der Waals surface area contributed by atoms with Crippen molar-refractivity contribution in [3.8, 4) is 11.3 Å². The first kappa shape index (κ1) is 14.1. The zero-order chi connectivity index (χ0) is 14.5. The lowest BCUT2D eigenvalue weighted by Crippen LogP contribution is -2.22. The van der Waals surface area contributed by atoms with E-state index in [0.717, 1.165) is 11.3 Å². The molecule has 1 unspecified atom stereocenters. The summed E-state index contributed by atoms with van der Waals surface area (Å²) in [6.07, 6.45) is 0.661. The smallest absolute Gasteiger partial charge is 0.264 e. The van der Waals surface area contributed by atoms with Gasteiger partial charge >= 0.3 is 0 Å². The second kappa shape index (κ2) is 6.21. The van der Waals surface area contributed by atoms with Gasteiger partial charge in [-0.05, 0) is 30.7 Å². The summed E-state index contributed by atoms with van der Waals surface area (Å²) in [5, 5.41) is 8.10. The number of nitrogens with one attached hydrogen (secondary N) is 3. The number of carbonyl (C=O) groups is 1. The second-order valence-electron chi connectivity index (χ2n) is 4.72. The van der Waals surface area contributed by atoms with E-state index >= 15 is 0 Å². The van der Waals surface area contributed by atoms with E-state index in [1.807, 2.05) is 19.1 Å². The van der Waals surface area contributed by atoms with Crippen molar-refractivity contribution in [3.63, 3.8) is 0 Å². The second-order valence-corrected chi connectivity index (χ2v) is 4.72. The highest BCUT2D eigenvalue weighted by molar-refractivity contribution is 5.92. The standard InChI is InChI=1S/C14H18N4O2/c1-9(6-7-15)14(20)16-11-4-2-10(3-5-11)12-8-13(19)18-17-12/h2-5,8-9H,6-7,15H2,1H3,(H,16,20)(H2,17,18,19). The van der Waals surface area contributed by atoms with Crippen molar-refractivity contribution >= 4 is 11.6 Å². The number of anilines is 1. The van der Waals surface area contributed by atoms with Crippen LogP contribution in [-0.2, 0) is 4.79 Å². The minimum Gasteiger partial charge on any atom is -0.330 e. The number of rotatable bonds is 5. The number of benzene rings is 1. The predicted molar refractivity (Wildman–Crippen MR) is 78.3 cm³/mol. The van der Waals surface area contributed by atoms with Gasteiger partial charge in [0.2, 0.25) is 5.91 Å². The Labute approximate surface area is 116 Å². The maximum Gasteiger partial charge on any atom is 0.264 e. The van der Waals surface area contributed by atoms with Crippen LogP contribution in [0.3, 0.4) is 0 Å². The lowest BCUT2D eigenvalue weighted by Gasteiger charge is -2.11. The Hall–Kier alpha value is -2.34. The third kappa shape index (κ3) is 3.36. The molecule has 106 valence electrons. The summed E-state index contributed by atoms with van der Waals surface area (Å²) in [6, 6.07) is 8.75. The topological polar surface area (TPSA) is 104 Å². The Morgan fingerprint density at radius 1 is 1.30 bits per heavy atom. The van der Waals surface area contributed by atoms with Crippen LogP contribution >= 0.6 is 0 Å². The highest BCUT2D eigenvalue weighted by Crippen LogP contribution is 2.18. The molecule has 5 N–H and O–H groups in total. The maximum atomic E-state index is 11.8. The maximum absolute atomic E-state index is 11.8. The molecule has 2 aromatic rings. The summed E-state index contributed by atoms with van der Waals surface area (Å²) in [5.74, 6) is -0.154. The van der Waals surface area contributed by atoms with E-state index in [1.165, 1.54) is 6.07 Å². The van der Waals surface area contributed by atoms with Crippen LogP contribution in [0.4, 0.5) is 5.69 Å². The van der Waals surface area contributed by atoms with Crippen LogP contribution in [0.1, 0.15) is 13.3 Å². The summed E-state index contributed by atoms with van der Waals surface area (Å²) in [4.78, 5) is 22.9. The number of hydrogen-bond acceptors (Lipinski definition) is 3. The van der Waals surface area contributed by atoms with E-state index in [1.54, 1.807) is 12.1 Å². The fourth-order valence-electron chi connectivity index (χ4n) is 1.87. The number of H-pyrrole nitrogens is 2. The van der Waals surface area contributed by atoms with Crippen molar-refractivity contribution in [3.05, 3.63) is 40.7 Å². The molecule has 1 amide bonds. The van der Waals surface area contributed by atoms with Gasteiger partial charge in [-0.2, -0.15) is 0 Å². The monoisotopic (exact) mass is 274 g/mol. The van der Waals surface area contributed by atoms with Crippen molar-refractivity contribution < 1.29 is 4.79 Å². The van der Waals surface area contributed by atoms with Crippen LogP contribution in [0.15, 0.2) is 35.1 Å². The van der Waals surface area contributed by atoms with Gasteiger partial charge in [-0.3, -0.25) is 19.8 Å². The van der Waals surface area contributed by atoms with Crippen LogP contribution < -0.4 is 16.6 Å². The molecule has 2 rings (SSSR count). The minimum absolute atomic E-state index is 0.0433. The molecular formula is C14H18N4O2. The first-order valence-electron chi connectivity index (χ1n) is 6.49. The highest BCUT2D eigenvalue weighted by Gasteiger charge is 2.11. The minimum atomic E-state index is -0.173. The van der Waals surface area contributed by atoms with Crippen LogP contribution in [0.25, 0.3) is 11.3 Å². The molecule has 0 spiro atoms. The molecular weight excluding hydrogens is 256 g/mol. The summed E-state index contributed by atoms with van der Waals surface area (Å²) in [5.41, 5.74) is 7.57. The van der Waals surface area contributed by atoms with Crippen molar-refractivity contribution in [2.24, 2.45) is 11.7 Å². The molecule has 0 aliphatic rings. The van der Waals surface area contributed by atoms with Crippen molar-refractivity contribution in [1.29, 1.82) is 0 Å². The Balaban J connectivity index is 2.05. The van der Waals surface area contributed by atoms with Crippen molar-refractivity contribution in [2.45, 2.75) is 13.3 Å². The fraction of sp³-hybridized carbons (Fsp3) is 0.286.